The maximum Gasteiger partial charge on any atom is 0.420 e. The molecule has 100 valence electrons. The van der Waals surface area contributed by atoms with Crippen LogP contribution in [-0.4, -0.2) is 0 Å². The fourth-order valence-electron chi connectivity index (χ4n) is 1.49. The van der Waals surface area contributed by atoms with Gasteiger partial charge < -0.3 is 10.5 Å². The van der Waals surface area contributed by atoms with Gasteiger partial charge in [-0.3, -0.25) is 0 Å². The highest BCUT2D eigenvalue weighted by Crippen LogP contribution is 2.39. The summed E-state index contributed by atoms with van der Waals surface area (Å²) in [7, 11) is 0. The summed E-state index contributed by atoms with van der Waals surface area (Å²) in [6.45, 7) is 0. The summed E-state index contributed by atoms with van der Waals surface area (Å²) >= 11 is 3.23. The Hall–Kier alpha value is -1.69. The number of hydrogen-bond acceptors (Lipinski definition) is 2. The molecule has 0 aliphatic carbocycles. The molecule has 0 bridgehead atoms. The molecule has 0 saturated heterocycles. The van der Waals surface area contributed by atoms with E-state index in [1.807, 2.05) is 0 Å². The third kappa shape index (κ3) is 3.41. The van der Waals surface area contributed by atoms with Gasteiger partial charge in [-0.1, -0.05) is 15.9 Å². The molecule has 2 aromatic rings. The van der Waals surface area contributed by atoms with E-state index in [1.54, 1.807) is 24.3 Å². The minimum absolute atomic E-state index is 0.0375. The number of alkyl halides is 3. The normalized spacial score (nSPS) is 11.4. The third-order valence-corrected chi connectivity index (χ3v) is 2.88. The number of nitrogens with two attached hydrogens (primary N) is 1. The van der Waals surface area contributed by atoms with Crippen molar-refractivity contribution in [2.45, 2.75) is 6.18 Å². The van der Waals surface area contributed by atoms with Crippen molar-refractivity contribution in [1.82, 2.24) is 0 Å². The molecule has 0 spiro atoms. The van der Waals surface area contributed by atoms with Crippen LogP contribution in [0.4, 0.5) is 18.9 Å². The SMILES string of the molecule is Nc1ccc(Oc2ccc(Br)cc2)c(C(F)(F)F)c1. The van der Waals surface area contributed by atoms with Crippen LogP contribution >= 0.6 is 15.9 Å². The highest BCUT2D eigenvalue weighted by atomic mass is 79.9. The van der Waals surface area contributed by atoms with E-state index >= 15 is 0 Å². The van der Waals surface area contributed by atoms with E-state index < -0.39 is 11.7 Å². The largest absolute Gasteiger partial charge is 0.457 e. The zero-order chi connectivity index (χ0) is 14.0. The highest BCUT2D eigenvalue weighted by molar-refractivity contribution is 9.10. The molecule has 0 radical (unpaired) electrons. The van der Waals surface area contributed by atoms with Gasteiger partial charge in [0.15, 0.2) is 0 Å². The Bertz CT molecular complexity index is 581. The predicted octanol–water partition coefficient (Wildman–Crippen LogP) is 4.84. The van der Waals surface area contributed by atoms with Gasteiger partial charge in [0, 0.05) is 10.2 Å². The van der Waals surface area contributed by atoms with Gasteiger partial charge in [0.05, 0.1) is 0 Å². The Morgan fingerprint density at radius 2 is 1.63 bits per heavy atom. The second kappa shape index (κ2) is 5.13. The topological polar surface area (TPSA) is 35.2 Å². The van der Waals surface area contributed by atoms with Gasteiger partial charge in [0.2, 0.25) is 0 Å². The van der Waals surface area contributed by atoms with Gasteiger partial charge in [-0.25, -0.2) is 0 Å². The van der Waals surface area contributed by atoms with Crippen LogP contribution in [0, 0.1) is 0 Å². The molecule has 0 aliphatic heterocycles. The Morgan fingerprint density at radius 1 is 1.00 bits per heavy atom. The molecular formula is C13H9BrF3NO. The lowest BCUT2D eigenvalue weighted by molar-refractivity contribution is -0.138. The Balaban J connectivity index is 2.37. The molecule has 0 aliphatic rings. The Kier molecular flexibility index (Phi) is 3.71. The first-order valence-corrected chi connectivity index (χ1v) is 6.06. The van der Waals surface area contributed by atoms with Crippen LogP contribution in [0.3, 0.4) is 0 Å². The number of halogens is 4. The number of benzene rings is 2. The first-order chi connectivity index (χ1) is 8.86. The van der Waals surface area contributed by atoms with E-state index in [0.717, 1.165) is 10.5 Å². The molecule has 0 atom stereocenters. The summed E-state index contributed by atoms with van der Waals surface area (Å²) < 4.78 is 44.6. The second-order valence-electron chi connectivity index (χ2n) is 3.81. The minimum Gasteiger partial charge on any atom is -0.457 e. The van der Waals surface area contributed by atoms with E-state index in [0.29, 0.717) is 5.75 Å². The highest BCUT2D eigenvalue weighted by Gasteiger charge is 2.34. The molecule has 0 amide bonds. The average molecular weight is 332 g/mol. The molecule has 2 aromatic carbocycles. The fourth-order valence-corrected chi connectivity index (χ4v) is 1.75. The molecule has 0 saturated carbocycles. The number of rotatable bonds is 2. The molecule has 2 nitrogen and oxygen atoms in total. The molecule has 2 N–H and O–H groups in total. The van der Waals surface area contributed by atoms with Crippen molar-refractivity contribution in [2.75, 3.05) is 5.73 Å². The summed E-state index contributed by atoms with van der Waals surface area (Å²) in [6, 6.07) is 9.93. The van der Waals surface area contributed by atoms with Crippen molar-refractivity contribution in [3.63, 3.8) is 0 Å². The van der Waals surface area contributed by atoms with Crippen LogP contribution in [0.15, 0.2) is 46.9 Å². The van der Waals surface area contributed by atoms with Crippen molar-refractivity contribution in [3.05, 3.63) is 52.5 Å². The van der Waals surface area contributed by atoms with Gasteiger partial charge in [-0.05, 0) is 42.5 Å². The molecule has 6 heteroatoms. The maximum absolute atomic E-state index is 12.9. The van der Waals surface area contributed by atoms with Crippen LogP contribution in [0.5, 0.6) is 11.5 Å². The molecule has 0 heterocycles. The van der Waals surface area contributed by atoms with Crippen LogP contribution in [0.2, 0.25) is 0 Å². The quantitative estimate of drug-likeness (QED) is 0.799. The lowest BCUT2D eigenvalue weighted by Gasteiger charge is -2.14. The van der Waals surface area contributed by atoms with Gasteiger partial charge in [0.25, 0.3) is 0 Å². The van der Waals surface area contributed by atoms with Crippen LogP contribution in [0.25, 0.3) is 0 Å². The Labute approximate surface area is 116 Å². The summed E-state index contributed by atoms with van der Waals surface area (Å²) in [5, 5.41) is 0. The summed E-state index contributed by atoms with van der Waals surface area (Å²) in [4.78, 5) is 0. The van der Waals surface area contributed by atoms with Crippen molar-refractivity contribution < 1.29 is 17.9 Å². The average Bonchev–Trinajstić information content (AvgIpc) is 2.33. The molecule has 0 aromatic heterocycles. The number of nitrogen functional groups attached to an aromatic ring is 1. The lowest BCUT2D eigenvalue weighted by atomic mass is 10.1. The molecule has 0 unspecified atom stereocenters. The molecule has 19 heavy (non-hydrogen) atoms. The van der Waals surface area contributed by atoms with E-state index in [2.05, 4.69) is 15.9 Å². The van der Waals surface area contributed by atoms with Crippen LogP contribution in [-0.2, 0) is 6.18 Å². The third-order valence-electron chi connectivity index (χ3n) is 2.35. The van der Waals surface area contributed by atoms with Crippen molar-refractivity contribution >= 4 is 21.6 Å². The first kappa shape index (κ1) is 13.7. The monoisotopic (exact) mass is 331 g/mol. The van der Waals surface area contributed by atoms with Crippen LogP contribution < -0.4 is 10.5 Å². The molecule has 0 fully saturated rings. The predicted molar refractivity (Wildman–Crippen MR) is 70.1 cm³/mol. The van der Waals surface area contributed by atoms with Gasteiger partial charge in [0.1, 0.15) is 17.1 Å². The maximum atomic E-state index is 12.9. The summed E-state index contributed by atoms with van der Waals surface area (Å²) in [5.74, 6) is 0.0440. The number of hydrogen-bond donors (Lipinski definition) is 1. The van der Waals surface area contributed by atoms with Crippen molar-refractivity contribution in [1.29, 1.82) is 0 Å². The van der Waals surface area contributed by atoms with Gasteiger partial charge >= 0.3 is 6.18 Å². The molecule has 2 rings (SSSR count). The minimum atomic E-state index is -4.51. The van der Waals surface area contributed by atoms with Crippen molar-refractivity contribution in [3.8, 4) is 11.5 Å². The van der Waals surface area contributed by atoms with E-state index in [1.165, 1.54) is 12.1 Å². The van der Waals surface area contributed by atoms with Crippen LogP contribution in [0.1, 0.15) is 5.56 Å². The van der Waals surface area contributed by atoms with Gasteiger partial charge in [-0.2, -0.15) is 13.2 Å². The standard InChI is InChI=1S/C13H9BrF3NO/c14-8-1-4-10(5-2-8)19-12-6-3-9(18)7-11(12)13(15,16)17/h1-7H,18H2. The number of anilines is 1. The zero-order valence-electron chi connectivity index (χ0n) is 9.54. The fraction of sp³-hybridized carbons (Fsp3) is 0.0769. The van der Waals surface area contributed by atoms with E-state index in [9.17, 15) is 13.2 Å². The van der Waals surface area contributed by atoms with Crippen molar-refractivity contribution in [2.24, 2.45) is 0 Å². The summed E-state index contributed by atoms with van der Waals surface area (Å²) in [6.07, 6.45) is -4.51. The zero-order valence-corrected chi connectivity index (χ0v) is 11.1. The lowest BCUT2D eigenvalue weighted by Crippen LogP contribution is -2.08. The van der Waals surface area contributed by atoms with E-state index in [4.69, 9.17) is 10.5 Å². The smallest absolute Gasteiger partial charge is 0.420 e. The molecular weight excluding hydrogens is 323 g/mol. The number of ether oxygens (including phenoxy) is 1. The first-order valence-electron chi connectivity index (χ1n) is 5.26. The second-order valence-corrected chi connectivity index (χ2v) is 4.73. The van der Waals surface area contributed by atoms with Gasteiger partial charge in [-0.15, -0.1) is 0 Å². The summed E-state index contributed by atoms with van der Waals surface area (Å²) in [5.41, 5.74) is 4.52. The van der Waals surface area contributed by atoms with E-state index in [-0.39, 0.29) is 11.4 Å². The Morgan fingerprint density at radius 3 is 2.21 bits per heavy atom.